The molecule has 2 aromatic rings. The largest absolute Gasteiger partial charge is 0.339 e. The van der Waals surface area contributed by atoms with Crippen molar-refractivity contribution in [3.63, 3.8) is 0 Å². The fourth-order valence-corrected chi connectivity index (χ4v) is 5.78. The van der Waals surface area contributed by atoms with Crippen LogP contribution in [0.2, 0.25) is 0 Å². The molecule has 0 heterocycles. The van der Waals surface area contributed by atoms with Crippen molar-refractivity contribution in [3.05, 3.63) is 70.8 Å². The summed E-state index contributed by atoms with van der Waals surface area (Å²) >= 11 is 0. The van der Waals surface area contributed by atoms with E-state index in [4.69, 9.17) is 10.9 Å². The number of nitrogens with one attached hydrogen (secondary N) is 3. The van der Waals surface area contributed by atoms with Gasteiger partial charge in [0.15, 0.2) is 0 Å². The fraction of sp³-hybridized carbons (Fsp3) is 0.429. The van der Waals surface area contributed by atoms with Crippen molar-refractivity contribution in [2.75, 3.05) is 6.54 Å². The molecule has 3 aliphatic carbocycles. The van der Waals surface area contributed by atoms with Crippen LogP contribution in [-0.2, 0) is 11.3 Å². The van der Waals surface area contributed by atoms with Crippen LogP contribution < -0.4 is 21.8 Å². The summed E-state index contributed by atoms with van der Waals surface area (Å²) in [4.78, 5) is 23.8. The van der Waals surface area contributed by atoms with Crippen LogP contribution in [0.1, 0.15) is 55.7 Å². The molecule has 7 nitrogen and oxygen atoms in total. The molecule has 3 fully saturated rings. The Hall–Kier alpha value is -3.18. The second kappa shape index (κ2) is 10.2. The molecule has 0 aliphatic heterocycles. The average Bonchev–Trinajstić information content (AvgIpc) is 3.32. The minimum Gasteiger partial charge on any atom is -0.339 e. The fourth-order valence-electron chi connectivity index (χ4n) is 5.78. The van der Waals surface area contributed by atoms with Gasteiger partial charge in [-0.05, 0) is 71.6 Å². The molecule has 5 rings (SSSR count). The van der Waals surface area contributed by atoms with Gasteiger partial charge in [0, 0.05) is 37.2 Å². The number of hydrogen-bond donors (Lipinski definition) is 5. The maximum atomic E-state index is 12.3. The van der Waals surface area contributed by atoms with Gasteiger partial charge in [0.1, 0.15) is 6.04 Å². The molecule has 186 valence electrons. The number of carbonyl (C=O) groups is 2. The molecule has 5 atom stereocenters. The Balaban J connectivity index is 0.00000361. The number of hydrogen-bond acceptors (Lipinski definition) is 5. The normalized spacial score (nSPS) is 24.5. The van der Waals surface area contributed by atoms with Crippen LogP contribution in [-0.4, -0.2) is 35.7 Å². The Bertz CT molecular complexity index is 1140. The van der Waals surface area contributed by atoms with E-state index in [0.717, 1.165) is 35.4 Å². The van der Waals surface area contributed by atoms with Crippen molar-refractivity contribution in [2.24, 2.45) is 28.9 Å². The summed E-state index contributed by atoms with van der Waals surface area (Å²) in [5.41, 5.74) is 10.7. The van der Waals surface area contributed by atoms with Crippen LogP contribution in [0.3, 0.4) is 0 Å². The molecule has 2 bridgehead atoms. The SMILES string of the molecule is C[C@@H]1[C@@H](NCc2ccc(C#Cc3ccc(C(=O)N[C@@H](CN)C(=O)NO)cc3)cc2)C2C[C@@H]1C2(C)C.[HH]. The van der Waals surface area contributed by atoms with E-state index in [9.17, 15) is 9.59 Å². The van der Waals surface area contributed by atoms with Crippen molar-refractivity contribution in [1.82, 2.24) is 16.1 Å². The van der Waals surface area contributed by atoms with Crippen molar-refractivity contribution in [3.8, 4) is 11.8 Å². The first-order valence-corrected chi connectivity index (χ1v) is 12.1. The molecule has 1 unspecified atom stereocenters. The molecule has 6 N–H and O–H groups in total. The average molecular weight is 477 g/mol. The van der Waals surface area contributed by atoms with Gasteiger partial charge in [-0.2, -0.15) is 0 Å². The lowest BCUT2D eigenvalue weighted by Gasteiger charge is -2.45. The number of rotatable bonds is 7. The zero-order valence-corrected chi connectivity index (χ0v) is 20.5. The van der Waals surface area contributed by atoms with E-state index in [0.29, 0.717) is 17.0 Å². The van der Waals surface area contributed by atoms with Crippen LogP contribution in [0.15, 0.2) is 48.5 Å². The highest BCUT2D eigenvalue weighted by molar-refractivity contribution is 5.97. The van der Waals surface area contributed by atoms with Gasteiger partial charge in [0.2, 0.25) is 0 Å². The van der Waals surface area contributed by atoms with Crippen LogP contribution in [0.25, 0.3) is 0 Å². The van der Waals surface area contributed by atoms with E-state index in [1.807, 2.05) is 12.1 Å². The van der Waals surface area contributed by atoms with Gasteiger partial charge in [-0.25, -0.2) is 5.48 Å². The topological polar surface area (TPSA) is 116 Å². The van der Waals surface area contributed by atoms with E-state index >= 15 is 0 Å². The zero-order chi connectivity index (χ0) is 25.2. The van der Waals surface area contributed by atoms with Crippen molar-refractivity contribution in [1.29, 1.82) is 0 Å². The van der Waals surface area contributed by atoms with E-state index in [2.05, 4.69) is 55.4 Å². The minimum absolute atomic E-state index is 0. The van der Waals surface area contributed by atoms with Gasteiger partial charge in [-0.1, -0.05) is 44.7 Å². The third-order valence-corrected chi connectivity index (χ3v) is 8.02. The summed E-state index contributed by atoms with van der Waals surface area (Å²) in [6.45, 7) is 7.96. The third-order valence-electron chi connectivity index (χ3n) is 8.02. The maximum Gasteiger partial charge on any atom is 0.267 e. The van der Waals surface area contributed by atoms with Gasteiger partial charge >= 0.3 is 0 Å². The van der Waals surface area contributed by atoms with Gasteiger partial charge in [-0.15, -0.1) is 0 Å². The number of nitrogens with two attached hydrogens (primary N) is 1. The first-order chi connectivity index (χ1) is 16.7. The summed E-state index contributed by atoms with van der Waals surface area (Å²) in [5, 5.41) is 15.0. The monoisotopic (exact) mass is 476 g/mol. The summed E-state index contributed by atoms with van der Waals surface area (Å²) in [6.07, 6.45) is 1.36. The van der Waals surface area contributed by atoms with E-state index < -0.39 is 17.9 Å². The van der Waals surface area contributed by atoms with Crippen molar-refractivity contribution < 1.29 is 16.2 Å². The van der Waals surface area contributed by atoms with E-state index in [-0.39, 0.29) is 7.97 Å². The second-order valence-corrected chi connectivity index (χ2v) is 10.3. The first kappa shape index (κ1) is 24.9. The van der Waals surface area contributed by atoms with Crippen molar-refractivity contribution >= 4 is 11.8 Å². The van der Waals surface area contributed by atoms with E-state index in [1.54, 1.807) is 24.3 Å². The summed E-state index contributed by atoms with van der Waals surface area (Å²) < 4.78 is 0. The van der Waals surface area contributed by atoms with Gasteiger partial charge in [0.05, 0.1) is 0 Å². The standard InChI is InChI=1S/C28H34N4O3.H2/c1-17-22-14-23(28(22,2)3)25(17)30-16-20-8-6-18(7-9-20)4-5-19-10-12-21(13-11-19)26(33)31-24(15-29)27(34)32-35;/h6-13,17,22-25,30,35H,14-16,29H2,1-3H3,(H,31,33)(H,32,34);1H/t17-,22-,23?,24-,25+;/m0./s1. The molecule has 7 heteroatoms. The lowest BCUT2D eigenvalue weighted by Crippen LogP contribution is -2.50. The van der Waals surface area contributed by atoms with Gasteiger partial charge in [-0.3, -0.25) is 14.8 Å². The quantitative estimate of drug-likeness (QED) is 0.239. The minimum atomic E-state index is -1.01. The highest BCUT2D eigenvalue weighted by Gasteiger charge is 2.61. The van der Waals surface area contributed by atoms with Crippen LogP contribution >= 0.6 is 0 Å². The Labute approximate surface area is 208 Å². The Morgan fingerprint density at radius 3 is 2.17 bits per heavy atom. The zero-order valence-electron chi connectivity index (χ0n) is 20.5. The van der Waals surface area contributed by atoms with Crippen LogP contribution in [0, 0.1) is 35.0 Å². The molecule has 2 amide bonds. The van der Waals surface area contributed by atoms with E-state index in [1.165, 1.54) is 17.5 Å². The summed E-state index contributed by atoms with van der Waals surface area (Å²) in [7, 11) is 0. The first-order valence-electron chi connectivity index (χ1n) is 12.1. The molecule has 0 saturated heterocycles. The predicted octanol–water partition coefficient (Wildman–Crippen LogP) is 2.67. The maximum absolute atomic E-state index is 12.3. The molecule has 3 aliphatic rings. The second-order valence-electron chi connectivity index (χ2n) is 10.3. The summed E-state index contributed by atoms with van der Waals surface area (Å²) in [6, 6.07) is 14.7. The highest BCUT2D eigenvalue weighted by atomic mass is 16.5. The lowest BCUT2D eigenvalue weighted by atomic mass is 9.60. The summed E-state index contributed by atoms with van der Waals surface area (Å²) in [5.74, 6) is 7.42. The van der Waals surface area contributed by atoms with Gasteiger partial charge < -0.3 is 16.4 Å². The molecular weight excluding hydrogens is 440 g/mol. The third kappa shape index (κ3) is 5.10. The predicted molar refractivity (Wildman–Crippen MR) is 136 cm³/mol. The Kier molecular flexibility index (Phi) is 7.27. The molecular formula is C28H36N4O3. The Morgan fingerprint density at radius 1 is 1.09 bits per heavy atom. The number of hydroxylamine groups is 1. The molecule has 3 saturated carbocycles. The molecule has 35 heavy (non-hydrogen) atoms. The van der Waals surface area contributed by atoms with Crippen molar-refractivity contribution in [2.45, 2.75) is 45.8 Å². The Morgan fingerprint density at radius 2 is 1.69 bits per heavy atom. The lowest BCUT2D eigenvalue weighted by molar-refractivity contribution is -0.130. The van der Waals surface area contributed by atoms with Crippen LogP contribution in [0.5, 0.6) is 0 Å². The molecule has 0 aromatic heterocycles. The number of benzene rings is 2. The molecule has 0 radical (unpaired) electrons. The van der Waals surface area contributed by atoms with Gasteiger partial charge in [0.25, 0.3) is 11.8 Å². The molecule has 2 aromatic carbocycles. The molecule has 0 spiro atoms. The number of amides is 2. The highest BCUT2D eigenvalue weighted by Crippen LogP contribution is 2.64. The smallest absolute Gasteiger partial charge is 0.267 e. The van der Waals surface area contributed by atoms with Crippen LogP contribution in [0.4, 0.5) is 0 Å². The number of carbonyl (C=O) groups excluding carboxylic acids is 2. The number of fused-ring (bicyclic) bond motifs is 1.